The largest absolute Gasteiger partial charge is 0.433 e. The molecule has 2 aromatic rings. The van der Waals surface area contributed by atoms with E-state index in [0.29, 0.717) is 11.2 Å². The second kappa shape index (κ2) is 3.70. The van der Waals surface area contributed by atoms with Crippen LogP contribution in [0.5, 0.6) is 0 Å². The van der Waals surface area contributed by atoms with E-state index in [0.717, 1.165) is 31.2 Å². The molecule has 0 unspecified atom stereocenters. The first kappa shape index (κ1) is 11.5. The summed E-state index contributed by atoms with van der Waals surface area (Å²) >= 11 is 0. The van der Waals surface area contributed by atoms with Crippen LogP contribution >= 0.6 is 0 Å². The first-order valence-electron chi connectivity index (χ1n) is 5.89. The van der Waals surface area contributed by atoms with Crippen molar-refractivity contribution in [3.63, 3.8) is 0 Å². The van der Waals surface area contributed by atoms with E-state index in [4.69, 9.17) is 0 Å². The van der Waals surface area contributed by atoms with Gasteiger partial charge in [0.25, 0.3) is 0 Å². The minimum atomic E-state index is -4.41. The van der Waals surface area contributed by atoms with Gasteiger partial charge in [0.1, 0.15) is 17.0 Å². The molecule has 18 heavy (non-hydrogen) atoms. The maximum Gasteiger partial charge on any atom is 0.433 e. The van der Waals surface area contributed by atoms with Gasteiger partial charge in [-0.3, -0.25) is 0 Å². The molecule has 0 N–H and O–H groups in total. The lowest BCUT2D eigenvalue weighted by Gasteiger charge is -2.28. The lowest BCUT2D eigenvalue weighted by atomic mass is 9.93. The van der Waals surface area contributed by atoms with Crippen molar-refractivity contribution < 1.29 is 13.2 Å². The van der Waals surface area contributed by atoms with Crippen molar-refractivity contribution >= 4 is 11.2 Å². The SMILES string of the molecule is Cc1nc2ccc(C(F)(F)F)nc2n1C1CCC1. The van der Waals surface area contributed by atoms with Gasteiger partial charge in [0, 0.05) is 6.04 Å². The van der Waals surface area contributed by atoms with Gasteiger partial charge >= 0.3 is 6.18 Å². The Morgan fingerprint density at radius 2 is 1.94 bits per heavy atom. The number of hydrogen-bond acceptors (Lipinski definition) is 2. The van der Waals surface area contributed by atoms with Crippen LogP contribution in [0.2, 0.25) is 0 Å². The summed E-state index contributed by atoms with van der Waals surface area (Å²) < 4.78 is 39.8. The van der Waals surface area contributed by atoms with Gasteiger partial charge in [-0.25, -0.2) is 9.97 Å². The van der Waals surface area contributed by atoms with E-state index in [1.54, 1.807) is 0 Å². The summed E-state index contributed by atoms with van der Waals surface area (Å²) in [5.74, 6) is 0.738. The van der Waals surface area contributed by atoms with Crippen molar-refractivity contribution in [1.29, 1.82) is 0 Å². The molecule has 3 nitrogen and oxygen atoms in total. The number of pyridine rings is 1. The summed E-state index contributed by atoms with van der Waals surface area (Å²) in [4.78, 5) is 8.02. The van der Waals surface area contributed by atoms with Crippen LogP contribution in [-0.4, -0.2) is 14.5 Å². The van der Waals surface area contributed by atoms with Crippen molar-refractivity contribution in [2.75, 3.05) is 0 Å². The molecule has 1 fully saturated rings. The van der Waals surface area contributed by atoms with Gasteiger partial charge in [0.15, 0.2) is 5.65 Å². The quantitative estimate of drug-likeness (QED) is 0.781. The summed E-state index contributed by atoms with van der Waals surface area (Å²) in [6.07, 6.45) is -1.31. The maximum atomic E-state index is 12.7. The van der Waals surface area contributed by atoms with Crippen LogP contribution in [0.4, 0.5) is 13.2 Å². The van der Waals surface area contributed by atoms with Gasteiger partial charge in [0.05, 0.1) is 0 Å². The number of aromatic nitrogens is 3. The lowest BCUT2D eigenvalue weighted by molar-refractivity contribution is -0.141. The van der Waals surface area contributed by atoms with Crippen molar-refractivity contribution in [1.82, 2.24) is 14.5 Å². The van der Waals surface area contributed by atoms with Crippen LogP contribution < -0.4 is 0 Å². The maximum absolute atomic E-state index is 12.7. The van der Waals surface area contributed by atoms with E-state index in [1.165, 1.54) is 6.07 Å². The van der Waals surface area contributed by atoms with E-state index in [2.05, 4.69) is 9.97 Å². The molecule has 0 atom stereocenters. The average Bonchev–Trinajstić information content (AvgIpc) is 2.51. The molecule has 0 spiro atoms. The molecule has 0 saturated heterocycles. The minimum Gasteiger partial charge on any atom is -0.310 e. The molecule has 0 bridgehead atoms. The third-order valence-electron chi connectivity index (χ3n) is 3.44. The van der Waals surface area contributed by atoms with Crippen LogP contribution in [0.3, 0.4) is 0 Å². The van der Waals surface area contributed by atoms with E-state index >= 15 is 0 Å². The molecule has 0 aliphatic heterocycles. The van der Waals surface area contributed by atoms with Crippen LogP contribution in [0, 0.1) is 6.92 Å². The fourth-order valence-electron chi connectivity index (χ4n) is 2.33. The molecule has 0 amide bonds. The fraction of sp³-hybridized carbons (Fsp3) is 0.500. The molecule has 1 aliphatic carbocycles. The monoisotopic (exact) mass is 255 g/mol. The molecule has 1 saturated carbocycles. The predicted octanol–water partition coefficient (Wildman–Crippen LogP) is 3.48. The number of nitrogens with zero attached hydrogens (tertiary/aromatic N) is 3. The zero-order chi connectivity index (χ0) is 12.9. The molecule has 0 aromatic carbocycles. The smallest absolute Gasteiger partial charge is 0.310 e. The van der Waals surface area contributed by atoms with Crippen molar-refractivity contribution in [3.8, 4) is 0 Å². The van der Waals surface area contributed by atoms with Gasteiger partial charge in [-0.15, -0.1) is 0 Å². The Morgan fingerprint density at radius 3 is 2.50 bits per heavy atom. The lowest BCUT2D eigenvalue weighted by Crippen LogP contribution is -2.19. The normalized spacial score (nSPS) is 17.1. The number of fused-ring (bicyclic) bond motifs is 1. The topological polar surface area (TPSA) is 30.7 Å². The Balaban J connectivity index is 2.18. The minimum absolute atomic E-state index is 0.256. The van der Waals surface area contributed by atoms with Gasteiger partial charge in [-0.05, 0) is 38.3 Å². The molecule has 0 radical (unpaired) electrons. The average molecular weight is 255 g/mol. The van der Waals surface area contributed by atoms with E-state index in [9.17, 15) is 13.2 Å². The van der Waals surface area contributed by atoms with Gasteiger partial charge < -0.3 is 4.57 Å². The molecule has 2 heterocycles. The number of rotatable bonds is 1. The summed E-state index contributed by atoms with van der Waals surface area (Å²) in [7, 11) is 0. The molecular weight excluding hydrogens is 243 g/mol. The van der Waals surface area contributed by atoms with Gasteiger partial charge in [-0.1, -0.05) is 0 Å². The standard InChI is InChI=1S/C12H12F3N3/c1-7-16-9-5-6-10(12(13,14)15)17-11(9)18(7)8-3-2-4-8/h5-6,8H,2-4H2,1H3. The molecule has 6 heteroatoms. The van der Waals surface area contributed by atoms with Crippen LogP contribution in [0.1, 0.15) is 36.8 Å². The van der Waals surface area contributed by atoms with Crippen molar-refractivity contribution in [2.45, 2.75) is 38.4 Å². The van der Waals surface area contributed by atoms with E-state index in [-0.39, 0.29) is 6.04 Å². The fourth-order valence-corrected chi connectivity index (χ4v) is 2.33. The Morgan fingerprint density at radius 1 is 1.22 bits per heavy atom. The Labute approximate surface area is 102 Å². The summed E-state index contributed by atoms with van der Waals surface area (Å²) in [5, 5.41) is 0. The van der Waals surface area contributed by atoms with Crippen LogP contribution in [0.15, 0.2) is 12.1 Å². The molecule has 1 aliphatic rings. The molecule has 96 valence electrons. The van der Waals surface area contributed by atoms with Gasteiger partial charge in [-0.2, -0.15) is 13.2 Å². The highest BCUT2D eigenvalue weighted by Crippen LogP contribution is 2.36. The third kappa shape index (κ3) is 1.67. The second-order valence-corrected chi connectivity index (χ2v) is 4.65. The number of alkyl halides is 3. The summed E-state index contributed by atoms with van der Waals surface area (Å²) in [6, 6.07) is 2.64. The third-order valence-corrected chi connectivity index (χ3v) is 3.44. The van der Waals surface area contributed by atoms with E-state index in [1.807, 2.05) is 11.5 Å². The Hall–Kier alpha value is -1.59. The number of hydrogen-bond donors (Lipinski definition) is 0. The molecule has 3 rings (SSSR count). The Kier molecular flexibility index (Phi) is 2.36. The van der Waals surface area contributed by atoms with E-state index < -0.39 is 11.9 Å². The number of aryl methyl sites for hydroxylation is 1. The van der Waals surface area contributed by atoms with Crippen LogP contribution in [-0.2, 0) is 6.18 Å². The Bertz CT molecular complexity index is 596. The second-order valence-electron chi connectivity index (χ2n) is 4.65. The highest BCUT2D eigenvalue weighted by atomic mass is 19.4. The summed E-state index contributed by atoms with van der Waals surface area (Å²) in [6.45, 7) is 1.81. The van der Waals surface area contributed by atoms with Crippen molar-refractivity contribution in [2.24, 2.45) is 0 Å². The first-order valence-corrected chi connectivity index (χ1v) is 5.89. The first-order chi connectivity index (χ1) is 8.47. The molecule has 2 aromatic heterocycles. The van der Waals surface area contributed by atoms with Crippen molar-refractivity contribution in [3.05, 3.63) is 23.7 Å². The number of imidazole rings is 1. The zero-order valence-corrected chi connectivity index (χ0v) is 9.83. The number of halogens is 3. The molecular formula is C12H12F3N3. The van der Waals surface area contributed by atoms with Gasteiger partial charge in [0.2, 0.25) is 0 Å². The predicted molar refractivity (Wildman–Crippen MR) is 60.2 cm³/mol. The zero-order valence-electron chi connectivity index (χ0n) is 9.83. The highest BCUT2D eigenvalue weighted by molar-refractivity contribution is 5.72. The van der Waals surface area contributed by atoms with Crippen LogP contribution in [0.25, 0.3) is 11.2 Å². The summed E-state index contributed by atoms with van der Waals surface area (Å²) in [5.41, 5.74) is 0.0369. The highest BCUT2D eigenvalue weighted by Gasteiger charge is 2.33.